The lowest BCUT2D eigenvalue weighted by Gasteiger charge is -2.11. The third-order valence-electron chi connectivity index (χ3n) is 5.43. The summed E-state index contributed by atoms with van der Waals surface area (Å²) in [6.07, 6.45) is 0. The van der Waals surface area contributed by atoms with Gasteiger partial charge in [0, 0.05) is 11.3 Å². The van der Waals surface area contributed by atoms with Crippen molar-refractivity contribution in [1.29, 1.82) is 0 Å². The lowest BCUT2D eigenvalue weighted by atomic mass is 10.1. The molecule has 0 saturated heterocycles. The molecule has 0 fully saturated rings. The van der Waals surface area contributed by atoms with Crippen LogP contribution in [0.4, 0.5) is 5.69 Å². The molecule has 5 heteroatoms. The van der Waals surface area contributed by atoms with Crippen LogP contribution < -0.4 is 10.1 Å². The molecule has 4 aromatic rings. The number of nitrogens with zero attached hydrogens (tertiary/aromatic N) is 1. The van der Waals surface area contributed by atoms with Crippen LogP contribution >= 0.6 is 0 Å². The van der Waals surface area contributed by atoms with Gasteiger partial charge >= 0.3 is 0 Å². The first-order chi connectivity index (χ1) is 14.8. The Bertz CT molecular complexity index is 1290. The zero-order valence-electron chi connectivity index (χ0n) is 18.5. The summed E-state index contributed by atoms with van der Waals surface area (Å²) >= 11 is 0. The Morgan fingerprint density at radius 1 is 0.903 bits per heavy atom. The minimum Gasteiger partial charge on any atom is -0.484 e. The maximum absolute atomic E-state index is 12.5. The molecule has 1 amide bonds. The van der Waals surface area contributed by atoms with E-state index in [1.165, 1.54) is 5.56 Å². The quantitative estimate of drug-likeness (QED) is 0.431. The maximum atomic E-state index is 12.5. The van der Waals surface area contributed by atoms with Crippen LogP contribution in [0.1, 0.15) is 27.8 Å². The van der Waals surface area contributed by atoms with Crippen LogP contribution in [-0.2, 0) is 4.79 Å². The van der Waals surface area contributed by atoms with Gasteiger partial charge in [-0.15, -0.1) is 0 Å². The first-order valence-electron chi connectivity index (χ1n) is 10.3. The Kier molecular flexibility index (Phi) is 5.51. The molecular weight excluding hydrogens is 388 g/mol. The van der Waals surface area contributed by atoms with Gasteiger partial charge in [-0.05, 0) is 92.8 Å². The Hall–Kier alpha value is -3.60. The van der Waals surface area contributed by atoms with Crippen molar-refractivity contribution < 1.29 is 13.9 Å². The summed E-state index contributed by atoms with van der Waals surface area (Å²) in [5.41, 5.74) is 8.60. The van der Waals surface area contributed by atoms with Crippen molar-refractivity contribution in [2.75, 3.05) is 11.9 Å². The number of anilines is 1. The summed E-state index contributed by atoms with van der Waals surface area (Å²) < 4.78 is 11.7. The Morgan fingerprint density at radius 3 is 2.45 bits per heavy atom. The van der Waals surface area contributed by atoms with Crippen molar-refractivity contribution in [2.45, 2.75) is 34.6 Å². The highest BCUT2D eigenvalue weighted by atomic mass is 16.5. The number of carbonyl (C=O) groups excluding carboxylic acids is 1. The molecule has 31 heavy (non-hydrogen) atoms. The van der Waals surface area contributed by atoms with E-state index in [0.29, 0.717) is 17.3 Å². The van der Waals surface area contributed by atoms with Crippen molar-refractivity contribution in [3.8, 4) is 17.2 Å². The average molecular weight is 415 g/mol. The second-order valence-electron chi connectivity index (χ2n) is 8.06. The van der Waals surface area contributed by atoms with Crippen molar-refractivity contribution in [3.05, 3.63) is 76.3 Å². The van der Waals surface area contributed by atoms with E-state index in [2.05, 4.69) is 16.4 Å². The molecule has 1 N–H and O–H groups in total. The molecule has 0 unspecified atom stereocenters. The van der Waals surface area contributed by atoms with E-state index in [1.54, 1.807) is 0 Å². The van der Waals surface area contributed by atoms with Crippen LogP contribution in [0.15, 0.2) is 52.9 Å². The lowest BCUT2D eigenvalue weighted by Crippen LogP contribution is -2.20. The fourth-order valence-corrected chi connectivity index (χ4v) is 3.53. The Morgan fingerprint density at radius 2 is 1.68 bits per heavy atom. The third kappa shape index (κ3) is 4.45. The van der Waals surface area contributed by atoms with E-state index in [-0.39, 0.29) is 12.5 Å². The Balaban J connectivity index is 1.52. The van der Waals surface area contributed by atoms with Crippen molar-refractivity contribution in [2.24, 2.45) is 0 Å². The molecule has 0 spiro atoms. The second-order valence-corrected chi connectivity index (χ2v) is 8.06. The molecule has 0 saturated carbocycles. The molecule has 0 aliphatic carbocycles. The van der Waals surface area contributed by atoms with Gasteiger partial charge in [0.25, 0.3) is 5.91 Å². The fraction of sp³-hybridized carbons (Fsp3) is 0.231. The summed E-state index contributed by atoms with van der Waals surface area (Å²) in [5.74, 6) is 0.994. The van der Waals surface area contributed by atoms with E-state index in [1.807, 2.05) is 77.1 Å². The topological polar surface area (TPSA) is 64.4 Å². The van der Waals surface area contributed by atoms with E-state index in [9.17, 15) is 4.79 Å². The largest absolute Gasteiger partial charge is 0.484 e. The molecule has 1 aromatic heterocycles. The van der Waals surface area contributed by atoms with Gasteiger partial charge in [0.2, 0.25) is 5.89 Å². The number of nitrogens with one attached hydrogen (secondary N) is 1. The summed E-state index contributed by atoms with van der Waals surface area (Å²) in [7, 11) is 0. The van der Waals surface area contributed by atoms with Crippen LogP contribution in [-0.4, -0.2) is 17.5 Å². The molecule has 5 nitrogen and oxygen atoms in total. The fourth-order valence-electron chi connectivity index (χ4n) is 3.53. The lowest BCUT2D eigenvalue weighted by molar-refractivity contribution is -0.118. The van der Waals surface area contributed by atoms with Crippen LogP contribution in [0.3, 0.4) is 0 Å². The molecule has 0 aliphatic rings. The molecule has 0 aliphatic heterocycles. The number of rotatable bonds is 5. The predicted molar refractivity (Wildman–Crippen MR) is 124 cm³/mol. The van der Waals surface area contributed by atoms with E-state index < -0.39 is 0 Å². The van der Waals surface area contributed by atoms with Crippen LogP contribution in [0, 0.1) is 34.6 Å². The summed E-state index contributed by atoms with van der Waals surface area (Å²) in [5, 5.41) is 2.94. The molecule has 3 aromatic carbocycles. The first-order valence-corrected chi connectivity index (χ1v) is 10.3. The molecular formula is C26H26N2O3. The Labute approximate surface area is 182 Å². The second kappa shape index (κ2) is 8.26. The van der Waals surface area contributed by atoms with Gasteiger partial charge in [-0.3, -0.25) is 4.79 Å². The van der Waals surface area contributed by atoms with Gasteiger partial charge in [0.1, 0.15) is 11.3 Å². The van der Waals surface area contributed by atoms with Crippen LogP contribution in [0.25, 0.3) is 22.6 Å². The third-order valence-corrected chi connectivity index (χ3v) is 5.43. The highest BCUT2D eigenvalue weighted by Gasteiger charge is 2.13. The smallest absolute Gasteiger partial charge is 0.262 e. The van der Waals surface area contributed by atoms with Gasteiger partial charge in [-0.25, -0.2) is 4.98 Å². The number of fused-ring (bicyclic) bond motifs is 1. The predicted octanol–water partition coefficient (Wildman–Crippen LogP) is 6.05. The zero-order chi connectivity index (χ0) is 22.1. The average Bonchev–Trinajstić information content (AvgIpc) is 3.15. The highest BCUT2D eigenvalue weighted by Crippen LogP contribution is 2.30. The summed E-state index contributed by atoms with van der Waals surface area (Å²) in [6.45, 7) is 10.0. The van der Waals surface area contributed by atoms with Crippen molar-refractivity contribution in [3.63, 3.8) is 0 Å². The minimum absolute atomic E-state index is 0.0620. The first kappa shape index (κ1) is 20.7. The normalized spacial score (nSPS) is 11.0. The number of amides is 1. The van der Waals surface area contributed by atoms with Gasteiger partial charge in [0.15, 0.2) is 12.2 Å². The van der Waals surface area contributed by atoms with Crippen LogP contribution in [0.5, 0.6) is 5.75 Å². The maximum Gasteiger partial charge on any atom is 0.262 e. The summed E-state index contributed by atoms with van der Waals surface area (Å²) in [6, 6.07) is 15.7. The minimum atomic E-state index is -0.220. The molecule has 0 atom stereocenters. The number of benzene rings is 3. The van der Waals surface area contributed by atoms with Crippen molar-refractivity contribution in [1.82, 2.24) is 4.98 Å². The number of ether oxygens (including phenoxy) is 1. The van der Waals surface area contributed by atoms with E-state index >= 15 is 0 Å². The number of carbonyl (C=O) groups is 1. The number of aryl methyl sites for hydroxylation is 5. The molecule has 158 valence electrons. The standard InChI is InChI=1S/C26H26N2O3/c1-15-10-19(5)25-23(11-15)28-26(31-25)20-8-6-17(3)22(13-20)27-24(29)14-30-21-9-7-16(2)18(4)12-21/h6-13H,14H2,1-5H3,(H,27,29). The SMILES string of the molecule is Cc1cc(C)c2oc(-c3ccc(C)c(NC(=O)COc4ccc(C)c(C)c4)c3)nc2c1. The number of hydrogen-bond acceptors (Lipinski definition) is 4. The highest BCUT2D eigenvalue weighted by molar-refractivity contribution is 5.93. The van der Waals surface area contributed by atoms with E-state index in [0.717, 1.165) is 38.9 Å². The van der Waals surface area contributed by atoms with Crippen LogP contribution in [0.2, 0.25) is 0 Å². The van der Waals surface area contributed by atoms with Gasteiger partial charge < -0.3 is 14.5 Å². The monoisotopic (exact) mass is 414 g/mol. The van der Waals surface area contributed by atoms with Gasteiger partial charge in [-0.2, -0.15) is 0 Å². The molecule has 1 heterocycles. The van der Waals surface area contributed by atoms with Gasteiger partial charge in [-0.1, -0.05) is 18.2 Å². The molecule has 0 radical (unpaired) electrons. The number of oxazole rings is 1. The summed E-state index contributed by atoms with van der Waals surface area (Å²) in [4.78, 5) is 17.1. The van der Waals surface area contributed by atoms with Gasteiger partial charge in [0.05, 0.1) is 0 Å². The van der Waals surface area contributed by atoms with Crippen molar-refractivity contribution >= 4 is 22.7 Å². The van der Waals surface area contributed by atoms with E-state index in [4.69, 9.17) is 9.15 Å². The molecule has 0 bridgehead atoms. The number of aromatic nitrogens is 1. The molecule has 4 rings (SSSR count). The number of hydrogen-bond donors (Lipinski definition) is 1. The zero-order valence-corrected chi connectivity index (χ0v) is 18.5.